The van der Waals surface area contributed by atoms with Crippen LogP contribution in [0, 0.1) is 11.3 Å². The van der Waals surface area contributed by atoms with Crippen LogP contribution in [0.5, 0.6) is 0 Å². The van der Waals surface area contributed by atoms with Gasteiger partial charge in [0.15, 0.2) is 0 Å². The lowest BCUT2D eigenvalue weighted by Crippen LogP contribution is -2.43. The Morgan fingerprint density at radius 1 is 1.61 bits per heavy atom. The van der Waals surface area contributed by atoms with E-state index in [-0.39, 0.29) is 6.10 Å². The molecule has 18 heavy (non-hydrogen) atoms. The molecule has 0 amide bonds. The summed E-state index contributed by atoms with van der Waals surface area (Å²) in [5.41, 5.74) is 1.41. The van der Waals surface area contributed by atoms with Gasteiger partial charge >= 0.3 is 0 Å². The Balaban J connectivity index is 1.90. The lowest BCUT2D eigenvalue weighted by molar-refractivity contribution is -0.0117. The first-order chi connectivity index (χ1) is 8.69. The lowest BCUT2D eigenvalue weighted by atomic mass is 10.2. The first-order valence-electron chi connectivity index (χ1n) is 5.92. The van der Waals surface area contributed by atoms with Gasteiger partial charge in [0.05, 0.1) is 23.3 Å². The fourth-order valence-corrected chi connectivity index (χ4v) is 2.16. The van der Waals surface area contributed by atoms with Crippen molar-refractivity contribution < 1.29 is 4.74 Å². The van der Waals surface area contributed by atoms with Gasteiger partial charge in [-0.15, -0.1) is 0 Å². The maximum Gasteiger partial charge on any atom is 0.101 e. The van der Waals surface area contributed by atoms with Gasteiger partial charge < -0.3 is 15.0 Å². The van der Waals surface area contributed by atoms with Crippen molar-refractivity contribution in [3.8, 4) is 6.07 Å². The second kappa shape index (κ2) is 6.05. The Kier molecular flexibility index (Phi) is 4.43. The zero-order valence-electron chi connectivity index (χ0n) is 10.3. The van der Waals surface area contributed by atoms with Crippen molar-refractivity contribution in [3.63, 3.8) is 0 Å². The number of likely N-dealkylation sites (N-methyl/N-ethyl adjacent to an activating group) is 1. The van der Waals surface area contributed by atoms with E-state index in [0.717, 1.165) is 31.9 Å². The molecule has 1 N–H and O–H groups in total. The quantitative estimate of drug-likeness (QED) is 0.908. The SMILES string of the molecule is CN1CCOC(CNc2ccc(C#N)c(Cl)c2)C1. The van der Waals surface area contributed by atoms with Crippen molar-refractivity contribution in [3.05, 3.63) is 28.8 Å². The zero-order valence-corrected chi connectivity index (χ0v) is 11.1. The van der Waals surface area contributed by atoms with Crippen molar-refractivity contribution in [2.75, 3.05) is 38.6 Å². The number of halogens is 1. The van der Waals surface area contributed by atoms with Gasteiger partial charge in [-0.05, 0) is 25.2 Å². The number of benzene rings is 1. The van der Waals surface area contributed by atoms with Crippen LogP contribution in [0.4, 0.5) is 5.69 Å². The highest BCUT2D eigenvalue weighted by Gasteiger charge is 2.17. The Labute approximate surface area is 112 Å². The molecule has 1 aromatic rings. The molecule has 1 saturated heterocycles. The maximum atomic E-state index is 8.79. The third-order valence-corrected chi connectivity index (χ3v) is 3.28. The average molecular weight is 266 g/mol. The van der Waals surface area contributed by atoms with E-state index in [9.17, 15) is 0 Å². The van der Waals surface area contributed by atoms with Crippen LogP contribution in [0.15, 0.2) is 18.2 Å². The summed E-state index contributed by atoms with van der Waals surface area (Å²) in [7, 11) is 2.09. The lowest BCUT2D eigenvalue weighted by Gasteiger charge is -2.30. The van der Waals surface area contributed by atoms with Crippen LogP contribution in [-0.2, 0) is 4.74 Å². The predicted octanol–water partition coefficient (Wildman–Crippen LogP) is 1.95. The van der Waals surface area contributed by atoms with E-state index in [4.69, 9.17) is 21.6 Å². The third-order valence-electron chi connectivity index (χ3n) is 2.97. The molecule has 1 heterocycles. The van der Waals surface area contributed by atoms with Gasteiger partial charge in [0.1, 0.15) is 6.07 Å². The van der Waals surface area contributed by atoms with Gasteiger partial charge in [0.25, 0.3) is 0 Å². The van der Waals surface area contributed by atoms with E-state index in [1.807, 2.05) is 12.1 Å². The third kappa shape index (κ3) is 3.36. The van der Waals surface area contributed by atoms with Crippen LogP contribution < -0.4 is 5.32 Å². The Morgan fingerprint density at radius 3 is 3.11 bits per heavy atom. The maximum absolute atomic E-state index is 8.79. The van der Waals surface area contributed by atoms with Crippen molar-refractivity contribution in [2.45, 2.75) is 6.10 Å². The summed E-state index contributed by atoms with van der Waals surface area (Å²) < 4.78 is 5.66. The highest BCUT2D eigenvalue weighted by molar-refractivity contribution is 6.32. The molecule has 4 nitrogen and oxygen atoms in total. The second-order valence-corrected chi connectivity index (χ2v) is 4.85. The molecule has 0 spiro atoms. The largest absolute Gasteiger partial charge is 0.382 e. The van der Waals surface area contributed by atoms with Gasteiger partial charge in [-0.25, -0.2) is 0 Å². The van der Waals surface area contributed by atoms with Crippen LogP contribution in [0.3, 0.4) is 0 Å². The van der Waals surface area contributed by atoms with E-state index < -0.39 is 0 Å². The number of ether oxygens (including phenoxy) is 1. The van der Waals surface area contributed by atoms with Crippen molar-refractivity contribution in [1.82, 2.24) is 4.90 Å². The fourth-order valence-electron chi connectivity index (χ4n) is 1.94. The molecule has 1 fully saturated rings. The van der Waals surface area contributed by atoms with Crippen LogP contribution in [0.2, 0.25) is 5.02 Å². The van der Waals surface area contributed by atoms with Gasteiger partial charge in [-0.2, -0.15) is 5.26 Å². The van der Waals surface area contributed by atoms with E-state index in [0.29, 0.717) is 10.6 Å². The number of rotatable bonds is 3. The molecule has 0 radical (unpaired) electrons. The van der Waals surface area contributed by atoms with Crippen LogP contribution in [0.25, 0.3) is 0 Å². The Bertz CT molecular complexity index is 458. The number of anilines is 1. The smallest absolute Gasteiger partial charge is 0.101 e. The van der Waals surface area contributed by atoms with Crippen molar-refractivity contribution in [1.29, 1.82) is 5.26 Å². The number of nitrogens with zero attached hydrogens (tertiary/aromatic N) is 2. The monoisotopic (exact) mass is 265 g/mol. The number of nitrogens with one attached hydrogen (secondary N) is 1. The second-order valence-electron chi connectivity index (χ2n) is 4.44. The molecule has 0 saturated carbocycles. The van der Waals surface area contributed by atoms with Gasteiger partial charge in [-0.3, -0.25) is 0 Å². The minimum absolute atomic E-state index is 0.193. The molecule has 1 aromatic carbocycles. The standard InChI is InChI=1S/C13H16ClN3O/c1-17-4-5-18-12(9-17)8-16-11-3-2-10(7-15)13(14)6-11/h2-3,6,12,16H,4-5,8-9H2,1H3. The van der Waals surface area contributed by atoms with E-state index >= 15 is 0 Å². The first kappa shape index (κ1) is 13.2. The van der Waals surface area contributed by atoms with Gasteiger partial charge in [0, 0.05) is 25.3 Å². The predicted molar refractivity (Wildman–Crippen MR) is 71.9 cm³/mol. The van der Waals surface area contributed by atoms with E-state index in [2.05, 4.69) is 17.3 Å². The molecule has 0 bridgehead atoms. The van der Waals surface area contributed by atoms with Crippen LogP contribution in [0.1, 0.15) is 5.56 Å². The summed E-state index contributed by atoms with van der Waals surface area (Å²) in [6.07, 6.45) is 0.193. The molecule has 0 aromatic heterocycles. The number of morpholine rings is 1. The molecule has 1 unspecified atom stereocenters. The summed E-state index contributed by atoms with van der Waals surface area (Å²) in [6, 6.07) is 7.39. The van der Waals surface area contributed by atoms with Crippen molar-refractivity contribution in [2.24, 2.45) is 0 Å². The minimum atomic E-state index is 0.193. The molecule has 5 heteroatoms. The highest BCUT2D eigenvalue weighted by Crippen LogP contribution is 2.20. The summed E-state index contributed by atoms with van der Waals surface area (Å²) in [6.45, 7) is 3.43. The Morgan fingerprint density at radius 2 is 2.44 bits per heavy atom. The van der Waals surface area contributed by atoms with Gasteiger partial charge in [0.2, 0.25) is 0 Å². The van der Waals surface area contributed by atoms with Crippen molar-refractivity contribution >= 4 is 17.3 Å². The number of nitriles is 1. The summed E-state index contributed by atoms with van der Waals surface area (Å²) >= 11 is 5.97. The molecule has 0 aliphatic carbocycles. The zero-order chi connectivity index (χ0) is 13.0. The molecule has 1 aliphatic heterocycles. The normalized spacial score (nSPS) is 20.4. The summed E-state index contributed by atoms with van der Waals surface area (Å²) in [5.74, 6) is 0. The average Bonchev–Trinajstić information content (AvgIpc) is 2.37. The molecular weight excluding hydrogens is 250 g/mol. The topological polar surface area (TPSA) is 48.3 Å². The van der Waals surface area contributed by atoms with Crippen LogP contribution in [-0.4, -0.2) is 44.3 Å². The molecule has 96 valence electrons. The summed E-state index contributed by atoms with van der Waals surface area (Å²) in [4.78, 5) is 2.25. The molecular formula is C13H16ClN3O. The molecule has 1 atom stereocenters. The first-order valence-corrected chi connectivity index (χ1v) is 6.30. The highest BCUT2D eigenvalue weighted by atomic mass is 35.5. The van der Waals surface area contributed by atoms with E-state index in [1.54, 1.807) is 12.1 Å². The molecule has 2 rings (SSSR count). The summed E-state index contributed by atoms with van der Waals surface area (Å²) in [5, 5.41) is 12.5. The minimum Gasteiger partial charge on any atom is -0.382 e. The number of hydrogen-bond acceptors (Lipinski definition) is 4. The fraction of sp³-hybridized carbons (Fsp3) is 0.462. The molecule has 1 aliphatic rings. The Hall–Kier alpha value is -1.28. The number of hydrogen-bond donors (Lipinski definition) is 1. The van der Waals surface area contributed by atoms with E-state index in [1.165, 1.54) is 0 Å². The van der Waals surface area contributed by atoms with Crippen LogP contribution >= 0.6 is 11.6 Å². The van der Waals surface area contributed by atoms with Gasteiger partial charge in [-0.1, -0.05) is 11.6 Å².